The normalized spacial score (nSPS) is 13.1. The molecule has 0 unspecified atom stereocenters. The maximum atomic E-state index is 6.54. The summed E-state index contributed by atoms with van der Waals surface area (Å²) in [7, 11) is 0. The first-order valence-electron chi connectivity index (χ1n) is 11.5. The van der Waals surface area contributed by atoms with Crippen molar-refractivity contribution in [2.45, 2.75) is 102 Å². The van der Waals surface area contributed by atoms with Crippen molar-refractivity contribution >= 4 is 15.2 Å². The van der Waals surface area contributed by atoms with Crippen LogP contribution < -0.4 is 9.47 Å². The highest BCUT2D eigenvalue weighted by Gasteiger charge is 2.28. The second-order valence-corrected chi connectivity index (χ2v) is 13.3. The summed E-state index contributed by atoms with van der Waals surface area (Å²) in [4.78, 5) is 0. The summed E-state index contributed by atoms with van der Waals surface area (Å²) in [5.41, 5.74) is 2.26. The molecule has 0 aliphatic rings. The lowest BCUT2D eigenvalue weighted by Gasteiger charge is -2.33. The van der Waals surface area contributed by atoms with Gasteiger partial charge in [0.25, 0.3) is 0 Å². The molecule has 2 nitrogen and oxygen atoms in total. The molecular formula is C28H42AlO2. The summed E-state index contributed by atoms with van der Waals surface area (Å²) in [6.45, 7) is 22.3. The number of rotatable bonds is 8. The van der Waals surface area contributed by atoms with Crippen LogP contribution in [0.5, 0.6) is 11.5 Å². The summed E-state index contributed by atoms with van der Waals surface area (Å²) < 4.78 is 13.1. The van der Waals surface area contributed by atoms with E-state index in [2.05, 4.69) is 118 Å². The minimum atomic E-state index is -0.198. The van der Waals surface area contributed by atoms with Gasteiger partial charge in [0.2, 0.25) is 15.2 Å². The summed E-state index contributed by atoms with van der Waals surface area (Å²) >= 11 is 0.192. The first-order valence-corrected chi connectivity index (χ1v) is 13.1. The lowest BCUT2D eigenvalue weighted by molar-refractivity contribution is 0.119. The van der Waals surface area contributed by atoms with E-state index in [1.807, 2.05) is 0 Å². The second-order valence-electron chi connectivity index (χ2n) is 11.9. The highest BCUT2D eigenvalue weighted by molar-refractivity contribution is 6.36. The van der Waals surface area contributed by atoms with Crippen molar-refractivity contribution in [2.75, 3.05) is 0 Å². The molecule has 3 heteroatoms. The van der Waals surface area contributed by atoms with E-state index in [1.165, 1.54) is 11.1 Å². The SMILES string of the molecule is CC(C)([CH2][Al][CH2]C(C)(C)Oc1ccccc1C(C)(C)C)Oc1ccccc1C(C)(C)C. The van der Waals surface area contributed by atoms with Crippen LogP contribution in [0.15, 0.2) is 48.5 Å². The van der Waals surface area contributed by atoms with Crippen LogP contribution in [0.3, 0.4) is 0 Å². The van der Waals surface area contributed by atoms with E-state index >= 15 is 0 Å². The van der Waals surface area contributed by atoms with Gasteiger partial charge in [-0.15, -0.1) is 0 Å². The van der Waals surface area contributed by atoms with Gasteiger partial charge in [-0.25, -0.2) is 0 Å². The van der Waals surface area contributed by atoms with Crippen molar-refractivity contribution in [3.05, 3.63) is 59.7 Å². The Balaban J connectivity index is 2.01. The smallest absolute Gasteiger partial charge is 0.212 e. The minimum Gasteiger partial charge on any atom is -0.489 e. The van der Waals surface area contributed by atoms with Crippen molar-refractivity contribution in [1.29, 1.82) is 0 Å². The van der Waals surface area contributed by atoms with Crippen LogP contribution in [0.25, 0.3) is 0 Å². The number of para-hydroxylation sites is 2. The van der Waals surface area contributed by atoms with Gasteiger partial charge in [-0.2, -0.15) is 0 Å². The zero-order chi connectivity index (χ0) is 23.5. The van der Waals surface area contributed by atoms with Crippen LogP contribution in [-0.2, 0) is 10.8 Å². The first-order chi connectivity index (χ1) is 14.1. The molecule has 0 N–H and O–H groups in total. The van der Waals surface area contributed by atoms with Crippen LogP contribution in [0.1, 0.15) is 80.4 Å². The van der Waals surface area contributed by atoms with E-state index in [9.17, 15) is 0 Å². The Morgan fingerprint density at radius 3 is 1.19 bits per heavy atom. The topological polar surface area (TPSA) is 18.5 Å². The second kappa shape index (κ2) is 9.60. The van der Waals surface area contributed by atoms with Gasteiger partial charge in [0.1, 0.15) is 11.5 Å². The van der Waals surface area contributed by atoms with E-state index in [4.69, 9.17) is 9.47 Å². The summed E-state index contributed by atoms with van der Waals surface area (Å²) in [6, 6.07) is 16.9. The molecule has 0 amide bonds. The minimum absolute atomic E-state index is 0.0653. The van der Waals surface area contributed by atoms with Crippen LogP contribution in [-0.4, -0.2) is 26.4 Å². The third-order valence-electron chi connectivity index (χ3n) is 5.43. The zero-order valence-corrected chi connectivity index (χ0v) is 22.6. The van der Waals surface area contributed by atoms with E-state index in [0.29, 0.717) is 0 Å². The van der Waals surface area contributed by atoms with Crippen molar-refractivity contribution in [3.8, 4) is 11.5 Å². The Hall–Kier alpha value is -1.43. The van der Waals surface area contributed by atoms with Crippen LogP contribution in [0, 0.1) is 0 Å². The fraction of sp³-hybridized carbons (Fsp3) is 0.571. The summed E-state index contributed by atoms with van der Waals surface area (Å²) in [5, 5.41) is 2.11. The molecule has 0 heterocycles. The van der Waals surface area contributed by atoms with Crippen molar-refractivity contribution < 1.29 is 9.47 Å². The zero-order valence-electron chi connectivity index (χ0n) is 21.4. The van der Waals surface area contributed by atoms with Crippen molar-refractivity contribution in [2.24, 2.45) is 0 Å². The molecule has 2 aromatic carbocycles. The molecular weight excluding hydrogens is 395 g/mol. The largest absolute Gasteiger partial charge is 0.489 e. The molecule has 0 aliphatic carbocycles. The average Bonchev–Trinajstić information content (AvgIpc) is 2.59. The third-order valence-corrected chi connectivity index (χ3v) is 7.98. The van der Waals surface area contributed by atoms with Gasteiger partial charge in [-0.05, 0) is 61.8 Å². The van der Waals surface area contributed by atoms with Gasteiger partial charge >= 0.3 is 0 Å². The van der Waals surface area contributed by atoms with Crippen molar-refractivity contribution in [3.63, 3.8) is 0 Å². The Morgan fingerprint density at radius 2 is 0.871 bits per heavy atom. The summed E-state index contributed by atoms with van der Waals surface area (Å²) in [6.07, 6.45) is 0. The van der Waals surface area contributed by atoms with Crippen molar-refractivity contribution in [1.82, 2.24) is 0 Å². The predicted octanol–water partition coefficient (Wildman–Crippen LogP) is 7.84. The van der Waals surface area contributed by atoms with Crippen LogP contribution in [0.4, 0.5) is 0 Å². The third kappa shape index (κ3) is 7.89. The molecule has 31 heavy (non-hydrogen) atoms. The average molecular weight is 438 g/mol. The molecule has 2 aromatic rings. The molecule has 169 valence electrons. The molecule has 0 saturated carbocycles. The van der Waals surface area contributed by atoms with Crippen LogP contribution >= 0.6 is 0 Å². The van der Waals surface area contributed by atoms with E-state index in [-0.39, 0.29) is 37.3 Å². The highest BCUT2D eigenvalue weighted by Crippen LogP contribution is 2.35. The standard InChI is InChI=1S/2C14H21O.Al/c2*1-13(2,3)11-9-7-8-10-12(11)15-14(4,5)6;/h2*7-10H,4H2,1-3,5-6H3;. The van der Waals surface area contributed by atoms with Gasteiger partial charge in [0, 0.05) is 0 Å². The molecule has 0 aliphatic heterocycles. The predicted molar refractivity (Wildman–Crippen MR) is 135 cm³/mol. The number of benzene rings is 2. The highest BCUT2D eigenvalue weighted by atomic mass is 27.1. The summed E-state index contributed by atoms with van der Waals surface area (Å²) in [5.74, 6) is 2.02. The number of ether oxygens (including phenoxy) is 2. The Morgan fingerprint density at radius 1 is 0.548 bits per heavy atom. The lowest BCUT2D eigenvalue weighted by Crippen LogP contribution is -2.35. The molecule has 0 bridgehead atoms. The van der Waals surface area contributed by atoms with E-state index in [0.717, 1.165) is 22.1 Å². The van der Waals surface area contributed by atoms with Gasteiger partial charge in [0.05, 0.1) is 11.2 Å². The Bertz CT molecular complexity index is 782. The maximum absolute atomic E-state index is 6.54. The Labute approximate surface area is 197 Å². The van der Waals surface area contributed by atoms with Gasteiger partial charge < -0.3 is 9.47 Å². The van der Waals surface area contributed by atoms with Gasteiger partial charge in [-0.1, -0.05) is 88.5 Å². The van der Waals surface area contributed by atoms with Crippen LogP contribution in [0.2, 0.25) is 10.6 Å². The molecule has 0 spiro atoms. The van der Waals surface area contributed by atoms with E-state index < -0.39 is 0 Å². The fourth-order valence-corrected chi connectivity index (χ4v) is 5.50. The van der Waals surface area contributed by atoms with Gasteiger partial charge in [0.15, 0.2) is 0 Å². The van der Waals surface area contributed by atoms with E-state index in [1.54, 1.807) is 0 Å². The molecule has 0 atom stereocenters. The maximum Gasteiger partial charge on any atom is 0.212 e. The number of hydrogen-bond acceptors (Lipinski definition) is 2. The molecule has 0 fully saturated rings. The quantitative estimate of drug-likeness (QED) is 0.392. The monoisotopic (exact) mass is 437 g/mol. The molecule has 1 radical (unpaired) electrons. The molecule has 0 saturated heterocycles. The number of hydrogen-bond donors (Lipinski definition) is 0. The fourth-order valence-electron chi connectivity index (χ4n) is 3.80. The molecule has 2 rings (SSSR count). The Kier molecular flexibility index (Phi) is 8.00. The van der Waals surface area contributed by atoms with Gasteiger partial charge in [-0.3, -0.25) is 0 Å². The lowest BCUT2D eigenvalue weighted by atomic mass is 9.86. The molecule has 0 aromatic heterocycles. The first kappa shape index (κ1) is 25.8.